The van der Waals surface area contributed by atoms with Crippen LogP contribution >= 0.6 is 0 Å². The number of aryl methyl sites for hydroxylation is 1. The number of nitrogens with zero attached hydrogens (tertiary/aromatic N) is 6. The van der Waals surface area contributed by atoms with E-state index < -0.39 is 17.5 Å². The van der Waals surface area contributed by atoms with Crippen LogP contribution in [0.1, 0.15) is 71.1 Å². The second kappa shape index (κ2) is 12.3. The molecule has 0 bridgehead atoms. The van der Waals surface area contributed by atoms with Gasteiger partial charge in [-0.1, -0.05) is 19.3 Å². The molecule has 40 heavy (non-hydrogen) atoms. The molecule has 11 nitrogen and oxygen atoms in total. The van der Waals surface area contributed by atoms with Crippen molar-refractivity contribution in [2.24, 2.45) is 5.92 Å². The molecule has 3 heterocycles. The molecule has 0 aliphatic heterocycles. The Morgan fingerprint density at radius 3 is 2.52 bits per heavy atom. The number of hydrogen-bond acceptors (Lipinski definition) is 9. The third-order valence-corrected chi connectivity index (χ3v) is 6.80. The van der Waals surface area contributed by atoms with Crippen LogP contribution in [-0.2, 0) is 4.74 Å². The Morgan fingerprint density at radius 1 is 1.18 bits per heavy atom. The van der Waals surface area contributed by atoms with Gasteiger partial charge in [0.05, 0.1) is 41.6 Å². The Hall–Kier alpha value is -4.27. The summed E-state index contributed by atoms with van der Waals surface area (Å²) in [5, 5.41) is 27.3. The summed E-state index contributed by atoms with van der Waals surface area (Å²) in [6.07, 6.45) is 9.35. The van der Waals surface area contributed by atoms with E-state index in [4.69, 9.17) is 4.74 Å². The van der Waals surface area contributed by atoms with Gasteiger partial charge in [-0.15, -0.1) is 4.80 Å². The predicted molar refractivity (Wildman–Crippen MR) is 149 cm³/mol. The van der Waals surface area contributed by atoms with Crippen LogP contribution in [0.4, 0.5) is 26.5 Å². The maximum Gasteiger partial charge on any atom is 0.407 e. The zero-order chi connectivity index (χ0) is 28.9. The number of carbonyl (C=O) groups is 1. The molecule has 3 aromatic rings. The first-order chi connectivity index (χ1) is 19.0. The third kappa shape index (κ3) is 7.22. The number of ether oxygens (including phenoxy) is 1. The van der Waals surface area contributed by atoms with Crippen LogP contribution in [0.15, 0.2) is 30.7 Å². The summed E-state index contributed by atoms with van der Waals surface area (Å²) in [5.74, 6) is -0.302. The van der Waals surface area contributed by atoms with Crippen LogP contribution in [0.5, 0.6) is 0 Å². The monoisotopic (exact) mass is 549 g/mol. The molecular weight excluding hydrogens is 513 g/mol. The van der Waals surface area contributed by atoms with Gasteiger partial charge in [0.2, 0.25) is 0 Å². The summed E-state index contributed by atoms with van der Waals surface area (Å²) >= 11 is 0. The van der Waals surface area contributed by atoms with Crippen LogP contribution in [0.25, 0.3) is 5.69 Å². The minimum Gasteiger partial charge on any atom is -0.444 e. The van der Waals surface area contributed by atoms with Gasteiger partial charge >= 0.3 is 6.09 Å². The zero-order valence-corrected chi connectivity index (χ0v) is 23.5. The second-order valence-electron chi connectivity index (χ2n) is 11.1. The zero-order valence-electron chi connectivity index (χ0n) is 23.5. The number of aromatic nitrogens is 5. The van der Waals surface area contributed by atoms with Gasteiger partial charge in [0.25, 0.3) is 0 Å². The van der Waals surface area contributed by atoms with Crippen LogP contribution in [0.3, 0.4) is 0 Å². The highest BCUT2D eigenvalue weighted by Crippen LogP contribution is 2.31. The van der Waals surface area contributed by atoms with Gasteiger partial charge in [-0.25, -0.2) is 14.2 Å². The molecule has 1 fully saturated rings. The molecule has 1 aliphatic carbocycles. The number of amides is 1. The lowest BCUT2D eigenvalue weighted by molar-refractivity contribution is 0.0495. The van der Waals surface area contributed by atoms with Gasteiger partial charge < -0.3 is 20.7 Å². The second-order valence-corrected chi connectivity index (χ2v) is 11.1. The number of hydrogen-bond donors (Lipinski definition) is 3. The standard InChI is InChI=1S/C28H36FN9O2/c1-17-23(38-32-11-12-33-38)14-21(16-31-17)35-25-20(15-30)13-22(29)26(37-25)36-24(19-9-7-6-8-10-19)18(2)34-27(39)40-28(3,4)5/h11-14,16,18-19,24H,6-10H2,1-5H3,(H,34,39)(H2,35,36,37)/t18-,24-/m0/s1. The van der Waals surface area contributed by atoms with E-state index in [2.05, 4.69) is 36.1 Å². The molecule has 0 saturated heterocycles. The molecule has 212 valence electrons. The molecule has 3 aromatic heterocycles. The summed E-state index contributed by atoms with van der Waals surface area (Å²) in [6, 6.07) is 4.25. The van der Waals surface area contributed by atoms with Gasteiger partial charge in [0.1, 0.15) is 17.4 Å². The van der Waals surface area contributed by atoms with E-state index >= 15 is 4.39 Å². The predicted octanol–water partition coefficient (Wildman–Crippen LogP) is 5.39. The van der Waals surface area contributed by atoms with E-state index in [1.807, 2.05) is 19.9 Å². The smallest absolute Gasteiger partial charge is 0.407 e. The molecule has 4 rings (SSSR count). The van der Waals surface area contributed by atoms with Crippen LogP contribution < -0.4 is 16.0 Å². The molecule has 1 amide bonds. The van der Waals surface area contributed by atoms with Crippen molar-refractivity contribution in [1.29, 1.82) is 5.26 Å². The maximum absolute atomic E-state index is 15.3. The van der Waals surface area contributed by atoms with Gasteiger partial charge in [-0.3, -0.25) is 4.98 Å². The molecule has 3 N–H and O–H groups in total. The van der Waals surface area contributed by atoms with E-state index in [-0.39, 0.29) is 35.2 Å². The van der Waals surface area contributed by atoms with E-state index in [9.17, 15) is 10.1 Å². The molecule has 2 atom stereocenters. The number of pyridine rings is 2. The van der Waals surface area contributed by atoms with E-state index in [0.29, 0.717) is 17.1 Å². The fraction of sp³-hybridized carbons (Fsp3) is 0.500. The highest BCUT2D eigenvalue weighted by atomic mass is 19.1. The summed E-state index contributed by atoms with van der Waals surface area (Å²) in [4.78, 5) is 22.9. The lowest BCUT2D eigenvalue weighted by Gasteiger charge is -2.36. The Bertz CT molecular complexity index is 1360. The number of carbonyl (C=O) groups excluding carboxylic acids is 1. The fourth-order valence-corrected chi connectivity index (χ4v) is 4.93. The normalized spacial score (nSPS) is 15.5. The molecule has 0 unspecified atom stereocenters. The lowest BCUT2D eigenvalue weighted by Crippen LogP contribution is -2.50. The minimum atomic E-state index is -0.657. The topological polar surface area (TPSA) is 143 Å². The Morgan fingerprint density at radius 2 is 1.88 bits per heavy atom. The van der Waals surface area contributed by atoms with Crippen molar-refractivity contribution in [1.82, 2.24) is 30.3 Å². The molecular formula is C28H36FN9O2. The highest BCUT2D eigenvalue weighted by molar-refractivity contribution is 5.69. The Balaban J connectivity index is 1.61. The number of nitriles is 1. The number of nitrogens with one attached hydrogen (secondary N) is 3. The third-order valence-electron chi connectivity index (χ3n) is 6.80. The van der Waals surface area contributed by atoms with Gasteiger partial charge in [0.15, 0.2) is 17.5 Å². The average molecular weight is 550 g/mol. The Labute approximate surface area is 233 Å². The SMILES string of the molecule is Cc1ncc(Nc2nc(N[C@H](C3CCCCC3)[C@H](C)NC(=O)OC(C)(C)C)c(F)cc2C#N)cc1-n1nccn1. The van der Waals surface area contributed by atoms with Crippen molar-refractivity contribution in [3.05, 3.63) is 47.8 Å². The van der Waals surface area contributed by atoms with Gasteiger partial charge in [-0.2, -0.15) is 15.5 Å². The van der Waals surface area contributed by atoms with E-state index in [1.165, 1.54) is 4.80 Å². The van der Waals surface area contributed by atoms with E-state index in [0.717, 1.165) is 38.2 Å². The first-order valence-electron chi connectivity index (χ1n) is 13.5. The summed E-state index contributed by atoms with van der Waals surface area (Å²) in [6.45, 7) is 9.11. The molecule has 1 saturated carbocycles. The van der Waals surface area contributed by atoms with Gasteiger partial charge in [0, 0.05) is 6.04 Å². The molecule has 0 spiro atoms. The first kappa shape index (κ1) is 28.7. The lowest BCUT2D eigenvalue weighted by atomic mass is 9.81. The van der Waals surface area contributed by atoms with Gasteiger partial charge in [-0.05, 0) is 65.5 Å². The summed E-state index contributed by atoms with van der Waals surface area (Å²) in [7, 11) is 0. The average Bonchev–Trinajstić information content (AvgIpc) is 3.44. The number of anilines is 3. The van der Waals surface area contributed by atoms with E-state index in [1.54, 1.807) is 45.4 Å². The fourth-order valence-electron chi connectivity index (χ4n) is 4.93. The molecule has 0 radical (unpaired) electrons. The largest absolute Gasteiger partial charge is 0.444 e. The van der Waals surface area contributed by atoms with Crippen molar-refractivity contribution >= 4 is 23.4 Å². The van der Waals surface area contributed by atoms with Crippen LogP contribution in [0.2, 0.25) is 0 Å². The highest BCUT2D eigenvalue weighted by Gasteiger charge is 2.31. The van der Waals surface area contributed by atoms with Crippen molar-refractivity contribution in [3.8, 4) is 11.8 Å². The Kier molecular flexibility index (Phi) is 8.82. The van der Waals surface area contributed by atoms with Crippen molar-refractivity contribution < 1.29 is 13.9 Å². The van der Waals surface area contributed by atoms with Crippen molar-refractivity contribution in [2.75, 3.05) is 10.6 Å². The molecule has 0 aromatic carbocycles. The van der Waals surface area contributed by atoms with Crippen molar-refractivity contribution in [2.45, 2.75) is 84.4 Å². The van der Waals surface area contributed by atoms with Crippen LogP contribution in [0, 0.1) is 30.0 Å². The summed E-state index contributed by atoms with van der Waals surface area (Å²) in [5.41, 5.74) is 1.28. The quantitative estimate of drug-likeness (QED) is 0.337. The number of alkyl carbamates (subject to hydrolysis) is 1. The summed E-state index contributed by atoms with van der Waals surface area (Å²) < 4.78 is 20.7. The van der Waals surface area contributed by atoms with Crippen molar-refractivity contribution in [3.63, 3.8) is 0 Å². The van der Waals surface area contributed by atoms with Crippen LogP contribution in [-0.4, -0.2) is 48.7 Å². The minimum absolute atomic E-state index is 0.0102. The molecule has 1 aliphatic rings. The first-order valence-corrected chi connectivity index (χ1v) is 13.5. The number of rotatable bonds is 8. The maximum atomic E-state index is 15.3. The molecule has 12 heteroatoms. The number of halogens is 1.